The van der Waals surface area contributed by atoms with Crippen molar-refractivity contribution < 1.29 is 4.74 Å². The molecule has 0 amide bonds. The van der Waals surface area contributed by atoms with Crippen LogP contribution in [0, 0.1) is 5.41 Å². The van der Waals surface area contributed by atoms with E-state index in [9.17, 15) is 0 Å². The molecule has 0 bridgehead atoms. The van der Waals surface area contributed by atoms with E-state index < -0.39 is 0 Å². The fourth-order valence-electron chi connectivity index (χ4n) is 1.35. The lowest BCUT2D eigenvalue weighted by Crippen LogP contribution is -2.08. The van der Waals surface area contributed by atoms with Crippen molar-refractivity contribution in [2.24, 2.45) is 5.41 Å². The topological polar surface area (TPSA) is 39.9 Å². The van der Waals surface area contributed by atoms with Crippen LogP contribution in [0.3, 0.4) is 0 Å². The molecule has 2 rings (SSSR count). The van der Waals surface area contributed by atoms with Crippen molar-refractivity contribution in [1.29, 1.82) is 0 Å². The Labute approximate surface area is 77.2 Å². The second-order valence-corrected chi connectivity index (χ2v) is 3.85. The fraction of sp³-hybridized carbons (Fsp3) is 0.556. The molecule has 1 aromatic rings. The zero-order valence-electron chi connectivity index (χ0n) is 7.90. The zero-order valence-corrected chi connectivity index (χ0v) is 7.90. The van der Waals surface area contributed by atoms with Crippen LogP contribution >= 0.6 is 0 Å². The Bertz CT molecular complexity index is 314. The van der Waals surface area contributed by atoms with Gasteiger partial charge in [-0.15, -0.1) is 0 Å². The molecule has 70 valence electrons. The third kappa shape index (κ3) is 1.56. The Morgan fingerprint density at radius 1 is 1.62 bits per heavy atom. The second kappa shape index (κ2) is 2.87. The van der Waals surface area contributed by atoms with Crippen molar-refractivity contribution in [3.63, 3.8) is 0 Å². The molecular formula is C9H13N3O. The van der Waals surface area contributed by atoms with Crippen LogP contribution in [0.25, 0.3) is 6.20 Å². The lowest BCUT2D eigenvalue weighted by atomic mass is 9.90. The highest BCUT2D eigenvalue weighted by Crippen LogP contribution is 2.37. The van der Waals surface area contributed by atoms with Crippen LogP contribution in [0.5, 0.6) is 0 Å². The van der Waals surface area contributed by atoms with Crippen molar-refractivity contribution in [2.45, 2.75) is 20.3 Å². The summed E-state index contributed by atoms with van der Waals surface area (Å²) < 4.78 is 7.18. The average Bonchev–Trinajstić information content (AvgIpc) is 2.63. The van der Waals surface area contributed by atoms with E-state index in [1.165, 1.54) is 6.33 Å². The lowest BCUT2D eigenvalue weighted by molar-refractivity contribution is 0.252. The molecule has 0 atom stereocenters. The first-order valence-corrected chi connectivity index (χ1v) is 4.38. The van der Waals surface area contributed by atoms with Gasteiger partial charge >= 0.3 is 0 Å². The quantitative estimate of drug-likeness (QED) is 0.656. The van der Waals surface area contributed by atoms with E-state index in [-0.39, 0.29) is 5.41 Å². The highest BCUT2D eigenvalue weighted by molar-refractivity contribution is 5.29. The van der Waals surface area contributed by atoms with Gasteiger partial charge in [-0.25, -0.2) is 9.67 Å². The fourth-order valence-corrected chi connectivity index (χ4v) is 1.35. The van der Waals surface area contributed by atoms with E-state index in [2.05, 4.69) is 23.9 Å². The predicted octanol–water partition coefficient (Wildman–Crippen LogP) is 1.52. The third-order valence-corrected chi connectivity index (χ3v) is 2.34. The van der Waals surface area contributed by atoms with Gasteiger partial charge in [0.25, 0.3) is 0 Å². The maximum Gasteiger partial charge on any atom is 0.138 e. The summed E-state index contributed by atoms with van der Waals surface area (Å²) in [4.78, 5) is 3.86. The summed E-state index contributed by atoms with van der Waals surface area (Å²) in [6.45, 7) is 5.14. The van der Waals surface area contributed by atoms with Gasteiger partial charge in [-0.2, -0.15) is 5.10 Å². The minimum atomic E-state index is 0.131. The number of allylic oxidation sites excluding steroid dienone is 1. The van der Waals surface area contributed by atoms with Crippen molar-refractivity contribution in [3.8, 4) is 0 Å². The Kier molecular flexibility index (Phi) is 1.83. The molecule has 0 spiro atoms. The molecule has 0 aromatic carbocycles. The normalized spacial score (nSPS) is 23.4. The Morgan fingerprint density at radius 3 is 3.00 bits per heavy atom. The SMILES string of the molecule is CC1(C)CCO/C1=C/n1cncn1. The summed E-state index contributed by atoms with van der Waals surface area (Å²) >= 11 is 0. The summed E-state index contributed by atoms with van der Waals surface area (Å²) in [5, 5.41) is 3.99. The van der Waals surface area contributed by atoms with Gasteiger partial charge < -0.3 is 4.74 Å². The zero-order chi connectivity index (χ0) is 9.31. The molecule has 0 unspecified atom stereocenters. The van der Waals surface area contributed by atoms with E-state index in [0.29, 0.717) is 0 Å². The molecule has 1 aliphatic heterocycles. The number of rotatable bonds is 1. The first kappa shape index (κ1) is 8.29. The maximum absolute atomic E-state index is 5.51. The van der Waals surface area contributed by atoms with Crippen LogP contribution in [0.1, 0.15) is 20.3 Å². The monoisotopic (exact) mass is 179 g/mol. The summed E-state index contributed by atoms with van der Waals surface area (Å²) in [6, 6.07) is 0. The smallest absolute Gasteiger partial charge is 0.138 e. The molecule has 4 nitrogen and oxygen atoms in total. The Hall–Kier alpha value is -1.32. The van der Waals surface area contributed by atoms with E-state index >= 15 is 0 Å². The lowest BCUT2D eigenvalue weighted by Gasteiger charge is -2.15. The van der Waals surface area contributed by atoms with Crippen molar-refractivity contribution >= 4 is 6.20 Å². The van der Waals surface area contributed by atoms with Crippen LogP contribution in [-0.2, 0) is 4.74 Å². The van der Waals surface area contributed by atoms with Gasteiger partial charge in [0.1, 0.15) is 18.4 Å². The van der Waals surface area contributed by atoms with Crippen molar-refractivity contribution in [1.82, 2.24) is 14.8 Å². The summed E-state index contributed by atoms with van der Waals surface area (Å²) in [5.74, 6) is 0.984. The molecule has 1 aromatic heterocycles. The Morgan fingerprint density at radius 2 is 2.46 bits per heavy atom. The van der Waals surface area contributed by atoms with Crippen LogP contribution < -0.4 is 0 Å². The van der Waals surface area contributed by atoms with E-state index in [1.54, 1.807) is 11.0 Å². The minimum absolute atomic E-state index is 0.131. The summed E-state index contributed by atoms with van der Waals surface area (Å²) in [5.41, 5.74) is 0.131. The number of aromatic nitrogens is 3. The number of hydrogen-bond donors (Lipinski definition) is 0. The highest BCUT2D eigenvalue weighted by atomic mass is 16.5. The molecular weight excluding hydrogens is 166 g/mol. The van der Waals surface area contributed by atoms with E-state index in [4.69, 9.17) is 4.74 Å². The van der Waals surface area contributed by atoms with Crippen molar-refractivity contribution in [3.05, 3.63) is 18.4 Å². The molecule has 13 heavy (non-hydrogen) atoms. The maximum atomic E-state index is 5.51. The minimum Gasteiger partial charge on any atom is -0.496 e. The molecule has 1 saturated heterocycles. The molecule has 1 aliphatic rings. The molecule has 0 radical (unpaired) electrons. The standard InChI is InChI=1S/C9H13N3O/c1-9(2)3-4-13-8(9)5-12-7-10-6-11-12/h5-7H,3-4H2,1-2H3/b8-5+. The van der Waals surface area contributed by atoms with E-state index in [1.807, 2.05) is 6.20 Å². The van der Waals surface area contributed by atoms with Crippen LogP contribution in [0.15, 0.2) is 18.4 Å². The molecule has 0 saturated carbocycles. The third-order valence-electron chi connectivity index (χ3n) is 2.34. The van der Waals surface area contributed by atoms with E-state index in [0.717, 1.165) is 18.8 Å². The molecule has 1 fully saturated rings. The number of nitrogens with zero attached hydrogens (tertiary/aromatic N) is 3. The molecule has 0 aliphatic carbocycles. The van der Waals surface area contributed by atoms with Gasteiger partial charge in [-0.05, 0) is 6.42 Å². The largest absolute Gasteiger partial charge is 0.496 e. The number of hydrogen-bond acceptors (Lipinski definition) is 3. The van der Waals surface area contributed by atoms with Gasteiger partial charge in [-0.1, -0.05) is 13.8 Å². The van der Waals surface area contributed by atoms with Crippen LogP contribution in [-0.4, -0.2) is 21.4 Å². The Balaban J connectivity index is 2.26. The van der Waals surface area contributed by atoms with Crippen LogP contribution in [0.2, 0.25) is 0 Å². The highest BCUT2D eigenvalue weighted by Gasteiger charge is 2.31. The van der Waals surface area contributed by atoms with Gasteiger partial charge in [0.2, 0.25) is 0 Å². The number of ether oxygens (including phenoxy) is 1. The predicted molar refractivity (Wildman–Crippen MR) is 48.6 cm³/mol. The molecule has 4 heteroatoms. The molecule has 2 heterocycles. The first-order valence-electron chi connectivity index (χ1n) is 4.38. The van der Waals surface area contributed by atoms with Gasteiger partial charge in [-0.3, -0.25) is 0 Å². The summed E-state index contributed by atoms with van der Waals surface area (Å²) in [6.07, 6.45) is 6.12. The van der Waals surface area contributed by atoms with Gasteiger partial charge in [0.05, 0.1) is 12.8 Å². The first-order chi connectivity index (χ1) is 6.18. The van der Waals surface area contributed by atoms with Crippen LogP contribution in [0.4, 0.5) is 0 Å². The van der Waals surface area contributed by atoms with Gasteiger partial charge in [0.15, 0.2) is 0 Å². The average molecular weight is 179 g/mol. The van der Waals surface area contributed by atoms with Gasteiger partial charge in [0, 0.05) is 5.41 Å². The second-order valence-electron chi connectivity index (χ2n) is 3.85. The van der Waals surface area contributed by atoms with Crippen molar-refractivity contribution in [2.75, 3.05) is 6.61 Å². The summed E-state index contributed by atoms with van der Waals surface area (Å²) in [7, 11) is 0. The molecule has 0 N–H and O–H groups in total.